The van der Waals surface area contributed by atoms with Gasteiger partial charge in [0.2, 0.25) is 0 Å². The molecule has 0 saturated carbocycles. The van der Waals surface area contributed by atoms with E-state index in [2.05, 4.69) is 11.8 Å². The Hall–Kier alpha value is -2.68. The topological polar surface area (TPSA) is 65.1 Å². The van der Waals surface area contributed by atoms with Gasteiger partial charge in [-0.25, -0.2) is 4.79 Å². The van der Waals surface area contributed by atoms with Gasteiger partial charge in [-0.05, 0) is 25.5 Å². The van der Waals surface area contributed by atoms with Gasteiger partial charge in [-0.2, -0.15) is 0 Å². The molecular formula is C17H19NO5. The SMILES string of the molecule is CC#Cc1cc(C(=O)N2CC[C@@H]2C(=O)OC)cc(OC)c1OC. The molecule has 23 heavy (non-hydrogen) atoms. The predicted molar refractivity (Wildman–Crippen MR) is 83.6 cm³/mol. The molecule has 1 aliphatic heterocycles. The highest BCUT2D eigenvalue weighted by Crippen LogP contribution is 2.33. The van der Waals surface area contributed by atoms with Crippen LogP contribution in [-0.4, -0.2) is 50.7 Å². The highest BCUT2D eigenvalue weighted by Gasteiger charge is 2.39. The second kappa shape index (κ2) is 7.05. The summed E-state index contributed by atoms with van der Waals surface area (Å²) in [7, 11) is 4.33. The van der Waals surface area contributed by atoms with Crippen molar-refractivity contribution in [2.24, 2.45) is 0 Å². The summed E-state index contributed by atoms with van der Waals surface area (Å²) in [5, 5.41) is 0. The van der Waals surface area contributed by atoms with Gasteiger partial charge < -0.3 is 19.1 Å². The number of hydrogen-bond donors (Lipinski definition) is 0. The number of amides is 1. The van der Waals surface area contributed by atoms with Crippen LogP contribution >= 0.6 is 0 Å². The van der Waals surface area contributed by atoms with Gasteiger partial charge in [0.15, 0.2) is 11.5 Å². The Morgan fingerprint density at radius 2 is 1.96 bits per heavy atom. The molecule has 6 heteroatoms. The van der Waals surface area contributed by atoms with Crippen molar-refractivity contribution in [3.8, 4) is 23.3 Å². The lowest BCUT2D eigenvalue weighted by Crippen LogP contribution is -2.55. The first kappa shape index (κ1) is 16.7. The van der Waals surface area contributed by atoms with Crippen LogP contribution in [0.4, 0.5) is 0 Å². The molecule has 0 aliphatic carbocycles. The summed E-state index contributed by atoms with van der Waals surface area (Å²) < 4.78 is 15.3. The quantitative estimate of drug-likeness (QED) is 0.621. The van der Waals surface area contributed by atoms with Crippen LogP contribution in [0.5, 0.6) is 11.5 Å². The van der Waals surface area contributed by atoms with Crippen molar-refractivity contribution < 1.29 is 23.8 Å². The van der Waals surface area contributed by atoms with Gasteiger partial charge in [0.1, 0.15) is 6.04 Å². The molecular weight excluding hydrogens is 298 g/mol. The van der Waals surface area contributed by atoms with Gasteiger partial charge in [-0.1, -0.05) is 5.92 Å². The molecule has 2 rings (SSSR count). The monoisotopic (exact) mass is 317 g/mol. The van der Waals surface area contributed by atoms with Crippen LogP contribution in [-0.2, 0) is 9.53 Å². The molecule has 1 fully saturated rings. The molecule has 1 saturated heterocycles. The van der Waals surface area contributed by atoms with Crippen LogP contribution in [0.1, 0.15) is 29.3 Å². The van der Waals surface area contributed by atoms with Crippen molar-refractivity contribution in [3.05, 3.63) is 23.3 Å². The molecule has 0 radical (unpaired) electrons. The van der Waals surface area contributed by atoms with E-state index in [-0.39, 0.29) is 5.91 Å². The summed E-state index contributed by atoms with van der Waals surface area (Å²) in [5.41, 5.74) is 0.960. The van der Waals surface area contributed by atoms with Gasteiger partial charge in [0, 0.05) is 12.1 Å². The van der Waals surface area contributed by atoms with E-state index in [0.29, 0.717) is 35.6 Å². The van der Waals surface area contributed by atoms with E-state index < -0.39 is 12.0 Å². The van der Waals surface area contributed by atoms with E-state index in [1.807, 2.05) is 0 Å². The maximum atomic E-state index is 12.7. The van der Waals surface area contributed by atoms with Gasteiger partial charge in [-0.15, -0.1) is 5.92 Å². The number of hydrogen-bond acceptors (Lipinski definition) is 5. The molecule has 1 amide bonds. The highest BCUT2D eigenvalue weighted by atomic mass is 16.5. The lowest BCUT2D eigenvalue weighted by molar-refractivity contribution is -0.149. The summed E-state index contributed by atoms with van der Waals surface area (Å²) in [6, 6.07) is 2.71. The zero-order valence-corrected chi connectivity index (χ0v) is 13.6. The summed E-state index contributed by atoms with van der Waals surface area (Å²) in [6.45, 7) is 2.21. The molecule has 1 aromatic carbocycles. The predicted octanol–water partition coefficient (Wildman–Crippen LogP) is 1.46. The summed E-state index contributed by atoms with van der Waals surface area (Å²) >= 11 is 0. The van der Waals surface area contributed by atoms with Crippen molar-refractivity contribution in [1.82, 2.24) is 4.90 Å². The minimum Gasteiger partial charge on any atom is -0.493 e. The fraction of sp³-hybridized carbons (Fsp3) is 0.412. The Bertz CT molecular complexity index is 686. The summed E-state index contributed by atoms with van der Waals surface area (Å²) in [5.74, 6) is 5.92. The van der Waals surface area contributed by atoms with Crippen molar-refractivity contribution in [3.63, 3.8) is 0 Å². The van der Waals surface area contributed by atoms with Crippen LogP contribution in [0.3, 0.4) is 0 Å². The number of carbonyl (C=O) groups excluding carboxylic acids is 2. The molecule has 0 N–H and O–H groups in total. The Kier molecular flexibility index (Phi) is 5.12. The minimum absolute atomic E-state index is 0.258. The largest absolute Gasteiger partial charge is 0.493 e. The minimum atomic E-state index is -0.527. The fourth-order valence-corrected chi connectivity index (χ4v) is 2.49. The first-order chi connectivity index (χ1) is 11.1. The second-order valence-corrected chi connectivity index (χ2v) is 4.96. The normalized spacial score (nSPS) is 15.8. The maximum absolute atomic E-state index is 12.7. The van der Waals surface area contributed by atoms with E-state index >= 15 is 0 Å². The molecule has 122 valence electrons. The third-order valence-electron chi connectivity index (χ3n) is 3.74. The van der Waals surface area contributed by atoms with Gasteiger partial charge >= 0.3 is 5.97 Å². The average Bonchev–Trinajstić information content (AvgIpc) is 2.52. The number of benzene rings is 1. The van der Waals surface area contributed by atoms with E-state index in [9.17, 15) is 9.59 Å². The zero-order valence-electron chi connectivity index (χ0n) is 13.6. The van der Waals surface area contributed by atoms with Crippen molar-refractivity contribution in [1.29, 1.82) is 0 Å². The molecule has 0 bridgehead atoms. The molecule has 1 aliphatic rings. The average molecular weight is 317 g/mol. The van der Waals surface area contributed by atoms with E-state index in [0.717, 1.165) is 0 Å². The number of nitrogens with zero attached hydrogens (tertiary/aromatic N) is 1. The zero-order chi connectivity index (χ0) is 17.0. The molecule has 0 spiro atoms. The Labute approximate surface area is 135 Å². The Morgan fingerprint density at radius 3 is 2.43 bits per heavy atom. The number of ether oxygens (including phenoxy) is 3. The molecule has 1 aromatic rings. The van der Waals surface area contributed by atoms with E-state index in [1.165, 1.54) is 26.2 Å². The van der Waals surface area contributed by atoms with Crippen LogP contribution in [0, 0.1) is 11.8 Å². The third-order valence-corrected chi connectivity index (χ3v) is 3.74. The van der Waals surface area contributed by atoms with Crippen molar-refractivity contribution >= 4 is 11.9 Å². The van der Waals surface area contributed by atoms with Gasteiger partial charge in [0.25, 0.3) is 5.91 Å². The lowest BCUT2D eigenvalue weighted by Gasteiger charge is -2.38. The van der Waals surface area contributed by atoms with Crippen LogP contribution in [0.15, 0.2) is 12.1 Å². The molecule has 1 atom stereocenters. The van der Waals surface area contributed by atoms with E-state index in [1.54, 1.807) is 19.1 Å². The maximum Gasteiger partial charge on any atom is 0.328 e. The lowest BCUT2D eigenvalue weighted by atomic mass is 10.00. The summed E-state index contributed by atoms with van der Waals surface area (Å²) in [6.07, 6.45) is 0.604. The standard InChI is InChI=1S/C17H19NO5/c1-5-6-11-9-12(10-14(21-2)15(11)22-3)16(19)18-8-7-13(18)17(20)23-4/h9-10,13H,7-8H2,1-4H3/t13-/m1/s1. The smallest absolute Gasteiger partial charge is 0.328 e. The number of likely N-dealkylation sites (tertiary alicyclic amines) is 1. The van der Waals surface area contributed by atoms with Gasteiger partial charge in [-0.3, -0.25) is 4.79 Å². The number of methoxy groups -OCH3 is 3. The van der Waals surface area contributed by atoms with Crippen molar-refractivity contribution in [2.45, 2.75) is 19.4 Å². The number of rotatable bonds is 4. The third kappa shape index (κ3) is 3.09. The first-order valence-corrected chi connectivity index (χ1v) is 7.15. The number of esters is 1. The van der Waals surface area contributed by atoms with Crippen molar-refractivity contribution in [2.75, 3.05) is 27.9 Å². The Morgan fingerprint density at radius 1 is 1.22 bits per heavy atom. The molecule has 1 heterocycles. The van der Waals surface area contributed by atoms with Crippen LogP contribution in [0.25, 0.3) is 0 Å². The summed E-state index contributed by atoms with van der Waals surface area (Å²) in [4.78, 5) is 25.8. The first-order valence-electron chi connectivity index (χ1n) is 7.15. The molecule has 0 aromatic heterocycles. The second-order valence-electron chi connectivity index (χ2n) is 4.96. The molecule has 6 nitrogen and oxygen atoms in total. The fourth-order valence-electron chi connectivity index (χ4n) is 2.49. The van der Waals surface area contributed by atoms with E-state index in [4.69, 9.17) is 14.2 Å². The molecule has 0 unspecified atom stereocenters. The van der Waals surface area contributed by atoms with Crippen LogP contribution < -0.4 is 9.47 Å². The van der Waals surface area contributed by atoms with Crippen LogP contribution in [0.2, 0.25) is 0 Å². The van der Waals surface area contributed by atoms with Gasteiger partial charge in [0.05, 0.1) is 26.9 Å². The Balaban J connectivity index is 2.39. The highest BCUT2D eigenvalue weighted by molar-refractivity contribution is 5.98. The number of carbonyl (C=O) groups is 2.